The Hall–Kier alpha value is -0.830. The first-order valence-corrected chi connectivity index (χ1v) is 6.28. The SMILES string of the molecule is C=N/C=C(/CC(C)C)N(N)CCCCCC. The van der Waals surface area contributed by atoms with Crippen LogP contribution in [0.3, 0.4) is 0 Å². The Morgan fingerprint density at radius 1 is 1.38 bits per heavy atom. The molecule has 0 saturated heterocycles. The van der Waals surface area contributed by atoms with Gasteiger partial charge < -0.3 is 5.01 Å². The highest BCUT2D eigenvalue weighted by molar-refractivity contribution is 5.26. The molecule has 3 heteroatoms. The van der Waals surface area contributed by atoms with E-state index in [1.165, 1.54) is 19.3 Å². The summed E-state index contributed by atoms with van der Waals surface area (Å²) in [6.07, 6.45) is 7.69. The van der Waals surface area contributed by atoms with Gasteiger partial charge in [0.15, 0.2) is 0 Å². The predicted molar refractivity (Wildman–Crippen MR) is 72.1 cm³/mol. The number of hydrogen-bond acceptors (Lipinski definition) is 3. The lowest BCUT2D eigenvalue weighted by atomic mass is 10.1. The summed E-state index contributed by atoms with van der Waals surface area (Å²) in [7, 11) is 0. The van der Waals surface area contributed by atoms with Gasteiger partial charge in [0.1, 0.15) is 0 Å². The minimum Gasteiger partial charge on any atom is -0.314 e. The molecule has 16 heavy (non-hydrogen) atoms. The van der Waals surface area contributed by atoms with Gasteiger partial charge in [-0.25, -0.2) is 5.84 Å². The van der Waals surface area contributed by atoms with Crippen LogP contribution >= 0.6 is 0 Å². The number of hydrogen-bond donors (Lipinski definition) is 1. The maximum absolute atomic E-state index is 6.01. The number of nitrogens with two attached hydrogens (primary N) is 1. The minimum absolute atomic E-state index is 0.592. The zero-order valence-corrected chi connectivity index (χ0v) is 11.1. The Balaban J connectivity index is 4.02. The number of unbranched alkanes of at least 4 members (excludes halogenated alkanes) is 3. The van der Waals surface area contributed by atoms with Crippen LogP contribution in [0, 0.1) is 5.92 Å². The Kier molecular flexibility index (Phi) is 8.91. The van der Waals surface area contributed by atoms with Gasteiger partial charge in [-0.2, -0.15) is 0 Å². The fraction of sp³-hybridized carbons (Fsp3) is 0.769. The van der Waals surface area contributed by atoms with Gasteiger partial charge in [-0.3, -0.25) is 4.99 Å². The van der Waals surface area contributed by atoms with Crippen molar-refractivity contribution < 1.29 is 0 Å². The molecule has 0 aliphatic heterocycles. The lowest BCUT2D eigenvalue weighted by molar-refractivity contribution is 0.322. The Bertz CT molecular complexity index is 209. The number of nitrogens with zero attached hydrogens (tertiary/aromatic N) is 2. The summed E-state index contributed by atoms with van der Waals surface area (Å²) in [5.74, 6) is 6.60. The van der Waals surface area contributed by atoms with Gasteiger partial charge in [-0.05, 0) is 25.5 Å². The van der Waals surface area contributed by atoms with Crippen LogP contribution in [0.25, 0.3) is 0 Å². The molecule has 0 atom stereocenters. The Morgan fingerprint density at radius 2 is 2.06 bits per heavy atom. The maximum atomic E-state index is 6.01. The lowest BCUT2D eigenvalue weighted by Gasteiger charge is -2.22. The molecule has 0 spiro atoms. The van der Waals surface area contributed by atoms with Crippen LogP contribution in [0.2, 0.25) is 0 Å². The fourth-order valence-corrected chi connectivity index (χ4v) is 1.62. The summed E-state index contributed by atoms with van der Waals surface area (Å²) in [5.41, 5.74) is 1.08. The second-order valence-corrected chi connectivity index (χ2v) is 4.66. The maximum Gasteiger partial charge on any atom is 0.0476 e. The van der Waals surface area contributed by atoms with Crippen molar-refractivity contribution >= 4 is 6.72 Å². The molecule has 2 N–H and O–H groups in total. The van der Waals surface area contributed by atoms with Crippen molar-refractivity contribution in [2.75, 3.05) is 6.54 Å². The van der Waals surface area contributed by atoms with Crippen LogP contribution in [-0.2, 0) is 0 Å². The van der Waals surface area contributed by atoms with Gasteiger partial charge in [-0.1, -0.05) is 40.0 Å². The van der Waals surface area contributed by atoms with Crippen LogP contribution in [0.15, 0.2) is 16.9 Å². The number of aliphatic imine (C=N–C) groups is 1. The van der Waals surface area contributed by atoms with E-state index in [0.29, 0.717) is 5.92 Å². The van der Waals surface area contributed by atoms with Crippen molar-refractivity contribution in [3.05, 3.63) is 11.9 Å². The van der Waals surface area contributed by atoms with E-state index in [1.807, 2.05) is 5.01 Å². The summed E-state index contributed by atoms with van der Waals surface area (Å²) >= 11 is 0. The van der Waals surface area contributed by atoms with Crippen molar-refractivity contribution in [2.24, 2.45) is 16.8 Å². The first-order chi connectivity index (χ1) is 7.61. The lowest BCUT2D eigenvalue weighted by Crippen LogP contribution is -2.31. The van der Waals surface area contributed by atoms with Gasteiger partial charge in [0.05, 0.1) is 0 Å². The fourth-order valence-electron chi connectivity index (χ4n) is 1.62. The summed E-state index contributed by atoms with van der Waals surface area (Å²) in [5, 5.41) is 1.82. The van der Waals surface area contributed by atoms with E-state index in [4.69, 9.17) is 5.84 Å². The molecule has 0 fully saturated rings. The standard InChI is InChI=1S/C13H27N3/c1-5-6-7-8-9-16(14)13(11-15-4)10-12(2)3/h11-12H,4-10,14H2,1-3H3/b13-11-. The minimum atomic E-state index is 0.592. The molecule has 0 rings (SSSR count). The van der Waals surface area contributed by atoms with E-state index < -0.39 is 0 Å². The normalized spacial score (nSPS) is 11.9. The van der Waals surface area contributed by atoms with Crippen molar-refractivity contribution in [1.29, 1.82) is 0 Å². The van der Waals surface area contributed by atoms with Crippen LogP contribution in [0.5, 0.6) is 0 Å². The van der Waals surface area contributed by atoms with E-state index in [-0.39, 0.29) is 0 Å². The van der Waals surface area contributed by atoms with Crippen molar-refractivity contribution in [2.45, 2.75) is 52.9 Å². The highest BCUT2D eigenvalue weighted by Crippen LogP contribution is 2.13. The summed E-state index contributed by atoms with van der Waals surface area (Å²) in [6, 6.07) is 0. The molecule has 0 amide bonds. The van der Waals surface area contributed by atoms with Gasteiger partial charge in [0.25, 0.3) is 0 Å². The van der Waals surface area contributed by atoms with Crippen LogP contribution < -0.4 is 5.84 Å². The summed E-state index contributed by atoms with van der Waals surface area (Å²) in [4.78, 5) is 3.82. The third kappa shape index (κ3) is 7.46. The zero-order valence-electron chi connectivity index (χ0n) is 11.1. The van der Waals surface area contributed by atoms with Crippen molar-refractivity contribution in [3.63, 3.8) is 0 Å². The molecule has 3 nitrogen and oxygen atoms in total. The van der Waals surface area contributed by atoms with Gasteiger partial charge >= 0.3 is 0 Å². The molecule has 0 radical (unpaired) electrons. The van der Waals surface area contributed by atoms with Crippen LogP contribution in [-0.4, -0.2) is 18.3 Å². The van der Waals surface area contributed by atoms with Gasteiger partial charge in [0.2, 0.25) is 0 Å². The molecule has 0 aromatic carbocycles. The Labute approximate surface area is 100 Å². The largest absolute Gasteiger partial charge is 0.314 e. The molecule has 0 heterocycles. The third-order valence-corrected chi connectivity index (χ3v) is 2.48. The van der Waals surface area contributed by atoms with Crippen molar-refractivity contribution in [1.82, 2.24) is 5.01 Å². The number of rotatable bonds is 9. The summed E-state index contributed by atoms with van der Waals surface area (Å²) in [6.45, 7) is 11.0. The molecular formula is C13H27N3. The van der Waals surface area contributed by atoms with Crippen LogP contribution in [0.4, 0.5) is 0 Å². The molecule has 0 aliphatic carbocycles. The van der Waals surface area contributed by atoms with Crippen LogP contribution in [0.1, 0.15) is 52.9 Å². The summed E-state index contributed by atoms with van der Waals surface area (Å²) < 4.78 is 0. The average molecular weight is 225 g/mol. The van der Waals surface area contributed by atoms with E-state index in [2.05, 4.69) is 32.5 Å². The van der Waals surface area contributed by atoms with E-state index in [1.54, 1.807) is 6.20 Å². The third-order valence-electron chi connectivity index (χ3n) is 2.48. The topological polar surface area (TPSA) is 41.6 Å². The van der Waals surface area contributed by atoms with E-state index >= 15 is 0 Å². The number of allylic oxidation sites excluding steroid dienone is 1. The second-order valence-electron chi connectivity index (χ2n) is 4.66. The Morgan fingerprint density at radius 3 is 2.56 bits per heavy atom. The molecule has 0 aromatic heterocycles. The predicted octanol–water partition coefficient (Wildman–Crippen LogP) is 3.33. The zero-order chi connectivity index (χ0) is 12.4. The molecule has 94 valence electrons. The smallest absolute Gasteiger partial charge is 0.0476 e. The molecule has 0 bridgehead atoms. The van der Waals surface area contributed by atoms with E-state index in [9.17, 15) is 0 Å². The molecule has 0 aliphatic rings. The monoisotopic (exact) mass is 225 g/mol. The molecular weight excluding hydrogens is 198 g/mol. The van der Waals surface area contributed by atoms with Gasteiger partial charge in [0, 0.05) is 18.4 Å². The number of hydrazine groups is 1. The molecule has 0 aromatic rings. The highest BCUT2D eigenvalue weighted by atomic mass is 15.4. The first-order valence-electron chi connectivity index (χ1n) is 6.28. The van der Waals surface area contributed by atoms with Gasteiger partial charge in [-0.15, -0.1) is 0 Å². The highest BCUT2D eigenvalue weighted by Gasteiger charge is 2.07. The molecule has 0 saturated carbocycles. The second kappa shape index (κ2) is 9.40. The van der Waals surface area contributed by atoms with E-state index in [0.717, 1.165) is 25.1 Å². The molecule has 0 unspecified atom stereocenters. The van der Waals surface area contributed by atoms with Crippen molar-refractivity contribution in [3.8, 4) is 0 Å². The quantitative estimate of drug-likeness (QED) is 0.283. The average Bonchev–Trinajstić information content (AvgIpc) is 2.23. The first kappa shape index (κ1) is 15.2.